The Hall–Kier alpha value is -2.28. The van der Waals surface area contributed by atoms with Crippen LogP contribution in [0.15, 0.2) is 29.3 Å². The van der Waals surface area contributed by atoms with Crippen LogP contribution in [0, 0.1) is 5.92 Å². The largest absolute Gasteiger partial charge is 0.491 e. The van der Waals surface area contributed by atoms with Crippen LogP contribution >= 0.6 is 0 Å². The van der Waals surface area contributed by atoms with Crippen LogP contribution in [0.5, 0.6) is 5.75 Å². The molecule has 3 rings (SSSR count). The fourth-order valence-corrected chi connectivity index (χ4v) is 3.61. The standard InChI is InChI=1S/C24H39N5O2/c1-18(2)31-22-9-7-21(8-10-22)28-24(26-17-23(30)27-20-5-6-20)25-13-4-14-29-15-11-19(3)12-16-29/h7-10,18-20H,4-6,11-17H2,1-3H3,(H,27,30)(H2,25,26,28). The van der Waals surface area contributed by atoms with Gasteiger partial charge in [-0.15, -0.1) is 0 Å². The smallest absolute Gasteiger partial charge is 0.242 e. The lowest BCUT2D eigenvalue weighted by molar-refractivity contribution is -0.119. The number of hydrogen-bond acceptors (Lipinski definition) is 4. The lowest BCUT2D eigenvalue weighted by atomic mass is 9.99. The summed E-state index contributed by atoms with van der Waals surface area (Å²) in [7, 11) is 0. The summed E-state index contributed by atoms with van der Waals surface area (Å²) < 4.78 is 5.71. The number of benzene rings is 1. The van der Waals surface area contributed by atoms with Gasteiger partial charge in [-0.3, -0.25) is 4.79 Å². The summed E-state index contributed by atoms with van der Waals surface area (Å²) in [5, 5.41) is 9.69. The van der Waals surface area contributed by atoms with Crippen molar-refractivity contribution in [1.82, 2.24) is 15.5 Å². The molecule has 31 heavy (non-hydrogen) atoms. The molecule has 0 unspecified atom stereocenters. The van der Waals surface area contributed by atoms with E-state index >= 15 is 0 Å². The molecule has 1 aromatic carbocycles. The second kappa shape index (κ2) is 11.9. The van der Waals surface area contributed by atoms with Gasteiger partial charge in [-0.1, -0.05) is 6.92 Å². The fraction of sp³-hybridized carbons (Fsp3) is 0.667. The van der Waals surface area contributed by atoms with Crippen LogP contribution in [-0.4, -0.2) is 61.6 Å². The van der Waals surface area contributed by atoms with Crippen LogP contribution in [0.4, 0.5) is 5.69 Å². The molecule has 1 aromatic rings. The number of amides is 1. The minimum absolute atomic E-state index is 0.0216. The van der Waals surface area contributed by atoms with Gasteiger partial charge in [0.25, 0.3) is 0 Å². The van der Waals surface area contributed by atoms with Gasteiger partial charge >= 0.3 is 0 Å². The molecule has 1 aliphatic carbocycles. The van der Waals surface area contributed by atoms with E-state index in [0.29, 0.717) is 12.0 Å². The first-order chi connectivity index (χ1) is 15.0. The van der Waals surface area contributed by atoms with E-state index in [1.165, 1.54) is 25.9 Å². The summed E-state index contributed by atoms with van der Waals surface area (Å²) in [4.78, 5) is 19.1. The molecule has 1 aliphatic heterocycles. The first kappa shape index (κ1) is 23.4. The molecule has 0 bridgehead atoms. The molecule has 3 N–H and O–H groups in total. The van der Waals surface area contributed by atoms with Gasteiger partial charge in [0.05, 0.1) is 6.10 Å². The molecule has 0 spiro atoms. The number of rotatable bonds is 10. The van der Waals surface area contributed by atoms with Crippen LogP contribution in [0.2, 0.25) is 0 Å². The molecule has 0 atom stereocenters. The van der Waals surface area contributed by atoms with Crippen LogP contribution in [-0.2, 0) is 4.79 Å². The molecular weight excluding hydrogens is 390 g/mol. The quantitative estimate of drug-likeness (QED) is 0.302. The van der Waals surface area contributed by atoms with E-state index in [9.17, 15) is 4.79 Å². The van der Waals surface area contributed by atoms with E-state index < -0.39 is 0 Å². The molecule has 172 valence electrons. The number of hydrogen-bond donors (Lipinski definition) is 3. The van der Waals surface area contributed by atoms with Gasteiger partial charge in [0.2, 0.25) is 5.91 Å². The predicted molar refractivity (Wildman–Crippen MR) is 127 cm³/mol. The van der Waals surface area contributed by atoms with Crippen molar-refractivity contribution in [3.8, 4) is 5.75 Å². The van der Waals surface area contributed by atoms with Gasteiger partial charge in [-0.2, -0.15) is 0 Å². The normalized spacial score (nSPS) is 18.1. The molecule has 1 saturated carbocycles. The first-order valence-electron chi connectivity index (χ1n) is 11.8. The number of carbonyl (C=O) groups excluding carboxylic acids is 1. The summed E-state index contributed by atoms with van der Waals surface area (Å²) in [5.41, 5.74) is 0.912. The maximum absolute atomic E-state index is 12.1. The van der Waals surface area contributed by atoms with Crippen molar-refractivity contribution in [1.29, 1.82) is 0 Å². The van der Waals surface area contributed by atoms with Crippen LogP contribution < -0.4 is 20.7 Å². The second-order valence-corrected chi connectivity index (χ2v) is 9.13. The Labute approximate surface area is 187 Å². The molecule has 1 saturated heterocycles. The predicted octanol–water partition coefficient (Wildman–Crippen LogP) is 3.23. The van der Waals surface area contributed by atoms with Gasteiger partial charge in [0.1, 0.15) is 12.3 Å². The number of carbonyl (C=O) groups is 1. The number of guanidine groups is 1. The minimum atomic E-state index is -0.0216. The molecular formula is C24H39N5O2. The fourth-order valence-electron chi connectivity index (χ4n) is 3.61. The Balaban J connectivity index is 1.49. The Morgan fingerprint density at radius 1 is 1.16 bits per heavy atom. The van der Waals surface area contributed by atoms with Gasteiger partial charge < -0.3 is 25.6 Å². The summed E-state index contributed by atoms with van der Waals surface area (Å²) in [6.07, 6.45) is 5.95. The van der Waals surface area contributed by atoms with Crippen molar-refractivity contribution in [2.75, 3.05) is 38.0 Å². The number of likely N-dealkylation sites (tertiary alicyclic amines) is 1. The number of anilines is 1. The highest BCUT2D eigenvalue weighted by molar-refractivity contribution is 5.95. The van der Waals surface area contributed by atoms with Gasteiger partial charge in [0.15, 0.2) is 5.96 Å². The molecule has 2 fully saturated rings. The Morgan fingerprint density at radius 3 is 2.52 bits per heavy atom. The molecule has 1 heterocycles. The Morgan fingerprint density at radius 2 is 1.87 bits per heavy atom. The molecule has 0 aromatic heterocycles. The van der Waals surface area contributed by atoms with E-state index in [-0.39, 0.29) is 18.6 Å². The average molecular weight is 430 g/mol. The van der Waals surface area contributed by atoms with E-state index in [1.807, 2.05) is 38.1 Å². The minimum Gasteiger partial charge on any atom is -0.491 e. The highest BCUT2D eigenvalue weighted by Gasteiger charge is 2.22. The lowest BCUT2D eigenvalue weighted by Crippen LogP contribution is -2.37. The number of piperidine rings is 1. The van der Waals surface area contributed by atoms with Gasteiger partial charge in [0, 0.05) is 18.3 Å². The van der Waals surface area contributed by atoms with E-state index in [0.717, 1.165) is 49.7 Å². The zero-order valence-electron chi connectivity index (χ0n) is 19.3. The molecule has 0 radical (unpaired) electrons. The maximum Gasteiger partial charge on any atom is 0.242 e. The Bertz CT molecular complexity index is 707. The van der Waals surface area contributed by atoms with Crippen LogP contribution in [0.25, 0.3) is 0 Å². The Kier molecular flexibility index (Phi) is 9.00. The summed E-state index contributed by atoms with van der Waals surface area (Å²) in [6.45, 7) is 10.8. The molecule has 2 aliphatic rings. The van der Waals surface area contributed by atoms with E-state index in [2.05, 4.69) is 32.8 Å². The van der Waals surface area contributed by atoms with Crippen molar-refractivity contribution in [3.05, 3.63) is 24.3 Å². The third-order valence-electron chi connectivity index (χ3n) is 5.63. The highest BCUT2D eigenvalue weighted by Crippen LogP contribution is 2.19. The SMILES string of the molecule is CC1CCN(CCCNC(=NCC(=O)NC2CC2)Nc2ccc(OC(C)C)cc2)CC1. The van der Waals surface area contributed by atoms with Crippen LogP contribution in [0.1, 0.15) is 52.9 Å². The topological polar surface area (TPSA) is 78.0 Å². The lowest BCUT2D eigenvalue weighted by Gasteiger charge is -2.30. The van der Waals surface area contributed by atoms with Crippen LogP contribution in [0.3, 0.4) is 0 Å². The van der Waals surface area contributed by atoms with Crippen molar-refractivity contribution in [3.63, 3.8) is 0 Å². The zero-order chi connectivity index (χ0) is 22.1. The number of nitrogens with one attached hydrogen (secondary N) is 3. The second-order valence-electron chi connectivity index (χ2n) is 9.13. The monoisotopic (exact) mass is 429 g/mol. The third kappa shape index (κ3) is 9.17. The molecule has 7 nitrogen and oxygen atoms in total. The zero-order valence-corrected chi connectivity index (χ0v) is 19.3. The van der Waals surface area contributed by atoms with E-state index in [1.54, 1.807) is 0 Å². The average Bonchev–Trinajstić information content (AvgIpc) is 3.55. The summed E-state index contributed by atoms with van der Waals surface area (Å²) in [6, 6.07) is 8.17. The van der Waals surface area contributed by atoms with Crippen molar-refractivity contribution in [2.24, 2.45) is 10.9 Å². The highest BCUT2D eigenvalue weighted by atomic mass is 16.5. The molecule has 1 amide bonds. The number of ether oxygens (including phenoxy) is 1. The van der Waals surface area contributed by atoms with Crippen molar-refractivity contribution in [2.45, 2.75) is 65.0 Å². The van der Waals surface area contributed by atoms with Gasteiger partial charge in [-0.05, 0) is 95.8 Å². The third-order valence-corrected chi connectivity index (χ3v) is 5.63. The van der Waals surface area contributed by atoms with Gasteiger partial charge in [-0.25, -0.2) is 4.99 Å². The first-order valence-corrected chi connectivity index (χ1v) is 11.8. The molecule has 7 heteroatoms. The van der Waals surface area contributed by atoms with E-state index in [4.69, 9.17) is 4.74 Å². The summed E-state index contributed by atoms with van der Waals surface area (Å²) in [5.74, 6) is 2.31. The van der Waals surface area contributed by atoms with Crippen molar-refractivity contribution >= 4 is 17.6 Å². The summed E-state index contributed by atoms with van der Waals surface area (Å²) >= 11 is 0. The number of aliphatic imine (C=N–C) groups is 1. The van der Waals surface area contributed by atoms with Crippen molar-refractivity contribution < 1.29 is 9.53 Å². The maximum atomic E-state index is 12.1. The number of nitrogens with zero attached hydrogens (tertiary/aromatic N) is 2.